The molecular formula is C21H23N3O2S2. The lowest BCUT2D eigenvalue weighted by atomic mass is 10.0. The summed E-state index contributed by atoms with van der Waals surface area (Å²) in [6, 6.07) is 16.9. The van der Waals surface area contributed by atoms with Crippen molar-refractivity contribution in [3.05, 3.63) is 54.1 Å². The van der Waals surface area contributed by atoms with Crippen molar-refractivity contribution in [2.45, 2.75) is 19.0 Å². The molecule has 0 radical (unpaired) electrons. The van der Waals surface area contributed by atoms with Gasteiger partial charge in [0.05, 0.1) is 21.2 Å². The maximum absolute atomic E-state index is 11.8. The molecule has 7 heteroatoms. The van der Waals surface area contributed by atoms with Crippen molar-refractivity contribution in [1.29, 1.82) is 0 Å². The molecule has 5 nitrogen and oxygen atoms in total. The highest BCUT2D eigenvalue weighted by molar-refractivity contribution is 7.81. The second-order valence-corrected chi connectivity index (χ2v) is 9.91. The molecule has 3 atom stereocenters. The molecule has 0 spiro atoms. The van der Waals surface area contributed by atoms with E-state index in [0.717, 1.165) is 42.1 Å². The molecule has 2 saturated heterocycles. The quantitative estimate of drug-likeness (QED) is 0.637. The summed E-state index contributed by atoms with van der Waals surface area (Å²) in [5, 5.41) is 0.676. The molecule has 2 aromatic carbocycles. The molecule has 1 aromatic heterocycles. The zero-order chi connectivity index (χ0) is 19.1. The smallest absolute Gasteiger partial charge is 0.279 e. The van der Waals surface area contributed by atoms with Crippen molar-refractivity contribution in [2.24, 2.45) is 5.92 Å². The van der Waals surface area contributed by atoms with E-state index in [9.17, 15) is 4.21 Å². The second kappa shape index (κ2) is 7.55. The first-order chi connectivity index (χ1) is 13.7. The van der Waals surface area contributed by atoms with Gasteiger partial charge in [0.15, 0.2) is 0 Å². The van der Waals surface area contributed by atoms with E-state index in [4.69, 9.17) is 4.74 Å². The highest BCUT2D eigenvalue weighted by atomic mass is 32.2. The van der Waals surface area contributed by atoms with Crippen molar-refractivity contribution >= 4 is 32.5 Å². The number of thiazole rings is 1. The molecule has 2 aliphatic rings. The third kappa shape index (κ3) is 3.59. The number of hydrogen-bond donors (Lipinski definition) is 0. The van der Waals surface area contributed by atoms with E-state index in [1.54, 1.807) is 17.6 Å². The Morgan fingerprint density at radius 1 is 1.18 bits per heavy atom. The van der Waals surface area contributed by atoms with E-state index in [1.165, 1.54) is 12.0 Å². The normalized spacial score (nSPS) is 23.9. The Morgan fingerprint density at radius 3 is 2.79 bits per heavy atom. The number of hydrogen-bond acceptors (Lipinski definition) is 5. The van der Waals surface area contributed by atoms with Crippen LogP contribution in [-0.2, 0) is 17.5 Å². The Hall–Kier alpha value is -1.80. The van der Waals surface area contributed by atoms with Gasteiger partial charge in [0, 0.05) is 31.9 Å². The van der Waals surface area contributed by atoms with Crippen LogP contribution in [0.25, 0.3) is 10.2 Å². The molecule has 5 rings (SSSR count). The Bertz CT molecular complexity index is 971. The van der Waals surface area contributed by atoms with E-state index >= 15 is 0 Å². The number of fused-ring (bicyclic) bond motifs is 2. The number of aromatic nitrogens is 1. The molecule has 0 saturated carbocycles. The van der Waals surface area contributed by atoms with Crippen molar-refractivity contribution in [3.63, 3.8) is 0 Å². The number of likely N-dealkylation sites (tertiary alicyclic amines) is 1. The minimum atomic E-state index is -0.855. The minimum Gasteiger partial charge on any atom is -0.431 e. The summed E-state index contributed by atoms with van der Waals surface area (Å²) in [7, 11) is -0.855. The van der Waals surface area contributed by atoms with Crippen molar-refractivity contribution < 1.29 is 8.95 Å². The largest absolute Gasteiger partial charge is 0.431 e. The Kier molecular flexibility index (Phi) is 4.92. The fraction of sp³-hybridized carbons (Fsp3) is 0.381. The van der Waals surface area contributed by atoms with Gasteiger partial charge in [-0.1, -0.05) is 35.6 Å². The molecule has 0 aliphatic carbocycles. The number of ether oxygens (including phenoxy) is 1. The summed E-state index contributed by atoms with van der Waals surface area (Å²) in [6.07, 6.45) is 2.99. The lowest BCUT2D eigenvalue weighted by Gasteiger charge is -2.24. The number of rotatable bonds is 5. The molecule has 3 unspecified atom stereocenters. The first kappa shape index (κ1) is 18.2. The standard InChI is InChI=1S/C21H23N3O2S2/c1-28(25)24-13-16-10-11-23(19(16)14-24)12-15-6-8-17(9-7-15)26-21-22-18-4-2-3-5-20(18)27-21/h2-9,16,19H,10-14H2,1H3. The third-order valence-corrected chi connectivity index (χ3v) is 7.72. The third-order valence-electron chi connectivity index (χ3n) is 5.78. The minimum absolute atomic E-state index is 0.530. The molecule has 3 aromatic rings. The summed E-state index contributed by atoms with van der Waals surface area (Å²) in [6.45, 7) is 3.96. The molecule has 0 N–H and O–H groups in total. The number of para-hydroxylation sites is 1. The highest BCUT2D eigenvalue weighted by Gasteiger charge is 2.42. The Labute approximate surface area is 171 Å². The summed E-state index contributed by atoms with van der Waals surface area (Å²) in [4.78, 5) is 7.07. The van der Waals surface area contributed by atoms with Gasteiger partial charge in [0.2, 0.25) is 0 Å². The Morgan fingerprint density at radius 2 is 2.00 bits per heavy atom. The van der Waals surface area contributed by atoms with E-state index in [1.807, 2.05) is 30.3 Å². The predicted octanol–water partition coefficient (Wildman–Crippen LogP) is 3.89. The van der Waals surface area contributed by atoms with Crippen LogP contribution in [0.3, 0.4) is 0 Å². The molecule has 146 valence electrons. The van der Waals surface area contributed by atoms with Gasteiger partial charge in [-0.25, -0.2) is 13.5 Å². The predicted molar refractivity (Wildman–Crippen MR) is 114 cm³/mol. The van der Waals surface area contributed by atoms with Crippen LogP contribution in [0.2, 0.25) is 0 Å². The lowest BCUT2D eigenvalue weighted by Crippen LogP contribution is -2.35. The van der Waals surface area contributed by atoms with Gasteiger partial charge < -0.3 is 4.74 Å². The monoisotopic (exact) mass is 413 g/mol. The molecule has 28 heavy (non-hydrogen) atoms. The topological polar surface area (TPSA) is 45.7 Å². The van der Waals surface area contributed by atoms with E-state index in [0.29, 0.717) is 17.2 Å². The van der Waals surface area contributed by atoms with Gasteiger partial charge in [-0.2, -0.15) is 0 Å². The van der Waals surface area contributed by atoms with Crippen LogP contribution in [0.4, 0.5) is 0 Å². The lowest BCUT2D eigenvalue weighted by molar-refractivity contribution is 0.237. The van der Waals surface area contributed by atoms with Crippen molar-refractivity contribution in [3.8, 4) is 10.9 Å². The van der Waals surface area contributed by atoms with E-state index in [2.05, 4.69) is 32.4 Å². The number of benzene rings is 2. The van der Waals surface area contributed by atoms with Crippen LogP contribution in [0.15, 0.2) is 48.5 Å². The number of nitrogens with zero attached hydrogens (tertiary/aromatic N) is 3. The average molecular weight is 414 g/mol. The maximum atomic E-state index is 11.8. The van der Waals surface area contributed by atoms with Gasteiger partial charge in [0.25, 0.3) is 5.19 Å². The summed E-state index contributed by atoms with van der Waals surface area (Å²) in [5.41, 5.74) is 2.26. The van der Waals surface area contributed by atoms with Crippen LogP contribution in [0, 0.1) is 5.92 Å². The van der Waals surface area contributed by atoms with Gasteiger partial charge in [0.1, 0.15) is 5.75 Å². The highest BCUT2D eigenvalue weighted by Crippen LogP contribution is 2.34. The van der Waals surface area contributed by atoms with Crippen LogP contribution < -0.4 is 4.74 Å². The zero-order valence-corrected chi connectivity index (χ0v) is 17.4. The molecule has 0 amide bonds. The molecular weight excluding hydrogens is 390 g/mol. The van der Waals surface area contributed by atoms with E-state index in [-0.39, 0.29) is 0 Å². The van der Waals surface area contributed by atoms with Gasteiger partial charge in [-0.3, -0.25) is 4.90 Å². The summed E-state index contributed by atoms with van der Waals surface area (Å²) in [5.74, 6) is 1.47. The Balaban J connectivity index is 1.24. The van der Waals surface area contributed by atoms with Crippen molar-refractivity contribution in [2.75, 3.05) is 25.9 Å². The fourth-order valence-electron chi connectivity index (χ4n) is 4.31. The van der Waals surface area contributed by atoms with E-state index < -0.39 is 11.0 Å². The summed E-state index contributed by atoms with van der Waals surface area (Å²) >= 11 is 1.56. The van der Waals surface area contributed by atoms with Crippen LogP contribution in [-0.4, -0.2) is 50.3 Å². The molecule has 3 heterocycles. The fourth-order valence-corrected chi connectivity index (χ4v) is 5.91. The zero-order valence-electron chi connectivity index (χ0n) is 15.8. The average Bonchev–Trinajstić information content (AvgIpc) is 3.38. The first-order valence-electron chi connectivity index (χ1n) is 9.60. The molecule has 2 aliphatic heterocycles. The SMILES string of the molecule is CS(=O)N1CC2CCN(Cc3ccc(Oc4nc5ccccc5s4)cc3)C2C1. The first-order valence-corrected chi connectivity index (χ1v) is 11.9. The summed E-state index contributed by atoms with van der Waals surface area (Å²) < 4.78 is 21.0. The van der Waals surface area contributed by atoms with Gasteiger partial charge >= 0.3 is 0 Å². The molecule has 0 bridgehead atoms. The second-order valence-electron chi connectivity index (χ2n) is 7.55. The van der Waals surface area contributed by atoms with Crippen molar-refractivity contribution in [1.82, 2.24) is 14.2 Å². The maximum Gasteiger partial charge on any atom is 0.279 e. The van der Waals surface area contributed by atoms with Crippen LogP contribution >= 0.6 is 11.3 Å². The van der Waals surface area contributed by atoms with Crippen LogP contribution in [0.1, 0.15) is 12.0 Å². The van der Waals surface area contributed by atoms with Gasteiger partial charge in [-0.05, 0) is 48.7 Å². The van der Waals surface area contributed by atoms with Crippen LogP contribution in [0.5, 0.6) is 10.9 Å². The van der Waals surface area contributed by atoms with Gasteiger partial charge in [-0.15, -0.1) is 0 Å². The molecule has 2 fully saturated rings.